The van der Waals surface area contributed by atoms with Crippen LogP contribution in [0.2, 0.25) is 0 Å². The molecule has 0 aromatic carbocycles. The Morgan fingerprint density at radius 3 is 2.56 bits per heavy atom. The number of nitrogens with zero attached hydrogens (tertiary/aromatic N) is 2. The van der Waals surface area contributed by atoms with E-state index in [2.05, 4.69) is 13.8 Å². The Kier molecular flexibility index (Phi) is 5.10. The summed E-state index contributed by atoms with van der Waals surface area (Å²) < 4.78 is 0. The van der Waals surface area contributed by atoms with Gasteiger partial charge in [-0.1, -0.05) is 13.8 Å². The van der Waals surface area contributed by atoms with Crippen LogP contribution in [0.15, 0.2) is 6.07 Å². The number of anilines is 1. The van der Waals surface area contributed by atoms with Crippen LogP contribution in [-0.4, -0.2) is 23.6 Å². The van der Waals surface area contributed by atoms with Crippen molar-refractivity contribution in [3.63, 3.8) is 0 Å². The summed E-state index contributed by atoms with van der Waals surface area (Å²) in [7, 11) is 1.85. The lowest BCUT2D eigenvalue weighted by Crippen LogP contribution is -2.19. The molecule has 1 aromatic rings. The minimum atomic E-state index is -0.666. The van der Waals surface area contributed by atoms with Crippen molar-refractivity contribution < 1.29 is 10.0 Å². The summed E-state index contributed by atoms with van der Waals surface area (Å²) in [5.74, 6) is 0.558. The molecule has 6 heteroatoms. The molecule has 1 atom stereocenters. The van der Waals surface area contributed by atoms with Gasteiger partial charge in [0.2, 0.25) is 0 Å². The molecule has 5 nitrogen and oxygen atoms in total. The molecule has 0 fully saturated rings. The van der Waals surface area contributed by atoms with Gasteiger partial charge in [-0.2, -0.15) is 0 Å². The molecule has 18 heavy (non-hydrogen) atoms. The Morgan fingerprint density at radius 1 is 1.50 bits per heavy atom. The molecule has 0 radical (unpaired) electrons. The quantitative estimate of drug-likeness (QED) is 0.638. The Morgan fingerprint density at radius 2 is 2.11 bits per heavy atom. The summed E-state index contributed by atoms with van der Waals surface area (Å²) in [5, 5.41) is 21.1. The summed E-state index contributed by atoms with van der Waals surface area (Å²) in [6.07, 6.45) is 0.316. The lowest BCUT2D eigenvalue weighted by Gasteiger charge is -2.17. The molecular weight excluding hydrogens is 252 g/mol. The summed E-state index contributed by atoms with van der Waals surface area (Å²) in [6.45, 7) is 6.64. The lowest BCUT2D eigenvalue weighted by atomic mass is 10.1. The van der Waals surface area contributed by atoms with E-state index in [1.165, 1.54) is 17.4 Å². The Bertz CT molecular complexity index is 415. The summed E-state index contributed by atoms with van der Waals surface area (Å²) >= 11 is 1.29. The van der Waals surface area contributed by atoms with Crippen molar-refractivity contribution in [3.8, 4) is 0 Å². The second-order valence-corrected chi connectivity index (χ2v) is 5.94. The fourth-order valence-corrected chi connectivity index (χ4v) is 2.60. The zero-order valence-corrected chi connectivity index (χ0v) is 12.0. The molecule has 0 amide bonds. The van der Waals surface area contributed by atoms with Crippen LogP contribution in [0.25, 0.3) is 0 Å². The van der Waals surface area contributed by atoms with Crippen LogP contribution in [0.5, 0.6) is 0 Å². The van der Waals surface area contributed by atoms with Crippen LogP contribution in [0.1, 0.15) is 38.2 Å². The average Bonchev–Trinajstić information content (AvgIpc) is 2.70. The molecule has 0 saturated heterocycles. The van der Waals surface area contributed by atoms with Gasteiger partial charge in [-0.15, -0.1) is 11.3 Å². The minimum Gasteiger partial charge on any atom is -0.388 e. The largest absolute Gasteiger partial charge is 0.388 e. The highest BCUT2D eigenvalue weighted by Gasteiger charge is 2.23. The maximum Gasteiger partial charge on any atom is 0.304 e. The Labute approximate surface area is 111 Å². The Hall–Kier alpha value is -1.14. The van der Waals surface area contributed by atoms with Crippen molar-refractivity contribution in [2.75, 3.05) is 18.5 Å². The van der Waals surface area contributed by atoms with Gasteiger partial charge in [0.05, 0.1) is 11.0 Å². The van der Waals surface area contributed by atoms with E-state index in [0.717, 1.165) is 13.0 Å². The third kappa shape index (κ3) is 3.68. The predicted octanol–water partition coefficient (Wildman–Crippen LogP) is 3.19. The van der Waals surface area contributed by atoms with Crippen LogP contribution >= 0.6 is 11.3 Å². The number of hydrogen-bond donors (Lipinski definition) is 1. The molecule has 1 aromatic heterocycles. The van der Waals surface area contributed by atoms with Crippen molar-refractivity contribution in [1.29, 1.82) is 0 Å². The molecule has 0 aliphatic carbocycles. The van der Waals surface area contributed by atoms with E-state index in [1.54, 1.807) is 6.92 Å². The van der Waals surface area contributed by atoms with E-state index < -0.39 is 6.10 Å². The molecule has 0 aliphatic rings. The highest BCUT2D eigenvalue weighted by atomic mass is 32.1. The van der Waals surface area contributed by atoms with Crippen molar-refractivity contribution in [2.24, 2.45) is 5.92 Å². The first-order valence-corrected chi connectivity index (χ1v) is 6.82. The van der Waals surface area contributed by atoms with E-state index in [4.69, 9.17) is 0 Å². The van der Waals surface area contributed by atoms with Gasteiger partial charge in [0.15, 0.2) is 5.00 Å². The van der Waals surface area contributed by atoms with E-state index in [0.29, 0.717) is 15.8 Å². The van der Waals surface area contributed by atoms with Gasteiger partial charge in [0, 0.05) is 24.5 Å². The molecule has 0 unspecified atom stereocenters. The number of thiophene rings is 1. The standard InChI is InChI=1S/C12H20N2O3S/c1-8(2)5-6-13(4)12-10(14(16)17)7-11(18-12)9(3)15/h7-9,15H,5-6H2,1-4H3/t9-/m1/s1. The predicted molar refractivity (Wildman–Crippen MR) is 74.3 cm³/mol. The zero-order valence-electron chi connectivity index (χ0n) is 11.2. The number of hydrogen-bond acceptors (Lipinski definition) is 5. The molecular formula is C12H20N2O3S. The summed E-state index contributed by atoms with van der Waals surface area (Å²) in [6, 6.07) is 1.47. The number of rotatable bonds is 6. The fraction of sp³-hybridized carbons (Fsp3) is 0.667. The van der Waals surface area contributed by atoms with Gasteiger partial charge in [-0.25, -0.2) is 0 Å². The summed E-state index contributed by atoms with van der Waals surface area (Å²) in [4.78, 5) is 13.1. The van der Waals surface area contributed by atoms with Crippen LogP contribution in [0.3, 0.4) is 0 Å². The van der Waals surface area contributed by atoms with E-state index >= 15 is 0 Å². The van der Waals surface area contributed by atoms with Crippen LogP contribution in [0.4, 0.5) is 10.7 Å². The van der Waals surface area contributed by atoms with Gasteiger partial charge in [-0.05, 0) is 19.3 Å². The van der Waals surface area contributed by atoms with Crippen LogP contribution in [0, 0.1) is 16.0 Å². The minimum absolute atomic E-state index is 0.0853. The van der Waals surface area contributed by atoms with Gasteiger partial charge in [0.1, 0.15) is 0 Å². The van der Waals surface area contributed by atoms with E-state index in [-0.39, 0.29) is 10.6 Å². The monoisotopic (exact) mass is 272 g/mol. The second-order valence-electron chi connectivity index (χ2n) is 4.88. The number of aliphatic hydroxyl groups excluding tert-OH is 1. The van der Waals surface area contributed by atoms with E-state index in [1.807, 2.05) is 11.9 Å². The van der Waals surface area contributed by atoms with E-state index in [9.17, 15) is 15.2 Å². The smallest absolute Gasteiger partial charge is 0.304 e. The average molecular weight is 272 g/mol. The highest BCUT2D eigenvalue weighted by molar-refractivity contribution is 7.16. The first-order chi connectivity index (χ1) is 8.32. The van der Waals surface area contributed by atoms with Crippen LogP contribution < -0.4 is 4.90 Å². The summed E-state index contributed by atoms with van der Waals surface area (Å²) in [5.41, 5.74) is 0.0853. The highest BCUT2D eigenvalue weighted by Crippen LogP contribution is 2.39. The first-order valence-electron chi connectivity index (χ1n) is 6.00. The fourth-order valence-electron chi connectivity index (χ4n) is 1.55. The van der Waals surface area contributed by atoms with Gasteiger partial charge < -0.3 is 10.0 Å². The second kappa shape index (κ2) is 6.15. The molecule has 102 valence electrons. The maximum atomic E-state index is 11.0. The normalized spacial score (nSPS) is 12.8. The lowest BCUT2D eigenvalue weighted by molar-refractivity contribution is -0.383. The van der Waals surface area contributed by atoms with Crippen molar-refractivity contribution >= 4 is 22.0 Å². The SMILES string of the molecule is CC(C)CCN(C)c1sc([C@@H](C)O)cc1[N+](=O)[O-]. The third-order valence-corrected chi connectivity index (χ3v) is 4.12. The van der Waals surface area contributed by atoms with Crippen LogP contribution in [-0.2, 0) is 0 Å². The molecule has 1 rings (SSSR count). The van der Waals surface area contributed by atoms with Crippen molar-refractivity contribution in [1.82, 2.24) is 0 Å². The molecule has 0 aliphatic heterocycles. The van der Waals surface area contributed by atoms with Gasteiger partial charge in [-0.3, -0.25) is 10.1 Å². The molecule has 1 heterocycles. The molecule has 1 N–H and O–H groups in total. The Balaban J connectivity index is 2.94. The maximum absolute atomic E-state index is 11.0. The number of aliphatic hydroxyl groups is 1. The molecule has 0 saturated carbocycles. The van der Waals surface area contributed by atoms with Crippen molar-refractivity contribution in [2.45, 2.75) is 33.3 Å². The van der Waals surface area contributed by atoms with Gasteiger partial charge >= 0.3 is 5.69 Å². The number of nitro groups is 1. The first kappa shape index (κ1) is 14.9. The third-order valence-electron chi connectivity index (χ3n) is 2.71. The molecule has 0 spiro atoms. The topological polar surface area (TPSA) is 66.6 Å². The zero-order chi connectivity index (χ0) is 13.9. The molecule has 0 bridgehead atoms. The van der Waals surface area contributed by atoms with Crippen molar-refractivity contribution in [3.05, 3.63) is 21.1 Å². The van der Waals surface area contributed by atoms with Gasteiger partial charge in [0.25, 0.3) is 0 Å².